The van der Waals surface area contributed by atoms with Gasteiger partial charge in [-0.2, -0.15) is 0 Å². The first-order chi connectivity index (χ1) is 6.17. The zero-order chi connectivity index (χ0) is 9.73. The van der Waals surface area contributed by atoms with E-state index in [4.69, 9.17) is 20.0 Å². The molecule has 3 heteroatoms. The molecule has 0 nitrogen and oxygen atoms in total. The van der Waals surface area contributed by atoms with Crippen LogP contribution in [-0.2, 0) is 0 Å². The Kier molecular flexibility index (Phi) is 4.64. The van der Waals surface area contributed by atoms with E-state index in [2.05, 4.69) is 19.1 Å². The van der Waals surface area contributed by atoms with Crippen LogP contribution in [0, 0.1) is 0 Å². The Balaban J connectivity index is 2.69. The summed E-state index contributed by atoms with van der Waals surface area (Å²) in [4.78, 5) is 0. The topological polar surface area (TPSA) is 0 Å². The van der Waals surface area contributed by atoms with Gasteiger partial charge < -0.3 is 0 Å². The van der Waals surface area contributed by atoms with Crippen molar-refractivity contribution in [1.82, 2.24) is 0 Å². The van der Waals surface area contributed by atoms with Crippen molar-refractivity contribution < 1.29 is 0 Å². The fourth-order valence-corrected chi connectivity index (χ4v) is 7.63. The van der Waals surface area contributed by atoms with E-state index < -0.39 is 11.4 Å². The van der Waals surface area contributed by atoms with Gasteiger partial charge in [0.25, 0.3) is 0 Å². The Morgan fingerprint density at radius 3 is 2.31 bits per heavy atom. The van der Waals surface area contributed by atoms with Crippen LogP contribution >= 0.6 is 20.0 Å². The predicted molar refractivity (Wildman–Crippen MR) is 63.3 cm³/mol. The van der Waals surface area contributed by atoms with E-state index in [1.807, 2.05) is 18.2 Å². The molecule has 0 aliphatic rings. The zero-order valence-electron chi connectivity index (χ0n) is 7.76. The third-order valence-electron chi connectivity index (χ3n) is 2.04. The molecule has 1 aromatic carbocycles. The molecule has 0 saturated heterocycles. The van der Waals surface area contributed by atoms with Gasteiger partial charge in [0.2, 0.25) is 0 Å². The molecule has 0 spiro atoms. The van der Waals surface area contributed by atoms with Gasteiger partial charge in [0, 0.05) is 0 Å². The van der Waals surface area contributed by atoms with Crippen molar-refractivity contribution in [2.24, 2.45) is 0 Å². The predicted octanol–water partition coefficient (Wildman–Crippen LogP) is 3.61. The van der Waals surface area contributed by atoms with Crippen molar-refractivity contribution in [2.75, 3.05) is 0 Å². The van der Waals surface area contributed by atoms with Crippen molar-refractivity contribution in [3.05, 3.63) is 30.3 Å². The summed E-state index contributed by atoms with van der Waals surface area (Å²) in [5.74, 6) is 0. The normalized spacial score (nSPS) is 11.6. The molecule has 0 aromatic heterocycles. The quantitative estimate of drug-likeness (QED) is 0.738. The zero-order valence-corrected chi connectivity index (χ0v) is 11.4. The van der Waals surface area contributed by atoms with Crippen molar-refractivity contribution in [2.45, 2.75) is 25.0 Å². The van der Waals surface area contributed by atoms with E-state index in [1.165, 1.54) is 10.8 Å². The average molecular weight is 278 g/mol. The average Bonchev–Trinajstić information content (AvgIpc) is 2.16. The molecule has 0 saturated carbocycles. The first-order valence-corrected chi connectivity index (χ1v) is 12.6. The Bertz CT molecular complexity index is 246. The Labute approximate surface area is 91.0 Å². The molecular formula is C10H14Cl2Ge. The molecule has 13 heavy (non-hydrogen) atoms. The van der Waals surface area contributed by atoms with E-state index in [9.17, 15) is 0 Å². The first-order valence-electron chi connectivity index (χ1n) is 4.60. The van der Waals surface area contributed by atoms with Gasteiger partial charge in [-0.3, -0.25) is 0 Å². The van der Waals surface area contributed by atoms with Crippen LogP contribution in [0.15, 0.2) is 30.3 Å². The van der Waals surface area contributed by atoms with Crippen LogP contribution in [0.3, 0.4) is 0 Å². The van der Waals surface area contributed by atoms with E-state index >= 15 is 0 Å². The van der Waals surface area contributed by atoms with E-state index in [0.29, 0.717) is 0 Å². The summed E-state index contributed by atoms with van der Waals surface area (Å²) in [5.41, 5.74) is 0. The van der Waals surface area contributed by atoms with Gasteiger partial charge in [0.1, 0.15) is 0 Å². The van der Waals surface area contributed by atoms with Gasteiger partial charge in [0.15, 0.2) is 0 Å². The molecule has 0 aliphatic heterocycles. The second kappa shape index (κ2) is 5.28. The molecule has 0 atom stereocenters. The fourth-order valence-electron chi connectivity index (χ4n) is 1.23. The number of benzene rings is 1. The summed E-state index contributed by atoms with van der Waals surface area (Å²) < 4.78 is 1.18. The molecule has 0 N–H and O–H groups in total. The number of unbranched alkanes of at least 4 members (excludes halogenated alkanes) is 1. The van der Waals surface area contributed by atoms with Crippen LogP contribution in [0.1, 0.15) is 19.8 Å². The molecule has 1 aromatic rings. The Hall–Kier alpha value is 0.343. The minimum atomic E-state index is -2.66. The summed E-state index contributed by atoms with van der Waals surface area (Å²) in [6.45, 7) is 2.16. The molecule has 0 heterocycles. The second-order valence-electron chi connectivity index (χ2n) is 3.17. The third-order valence-corrected chi connectivity index (χ3v) is 10.8. The summed E-state index contributed by atoms with van der Waals surface area (Å²) in [6, 6.07) is 10.1. The van der Waals surface area contributed by atoms with Crippen LogP contribution in [0.2, 0.25) is 5.25 Å². The van der Waals surface area contributed by atoms with Crippen molar-refractivity contribution in [1.29, 1.82) is 0 Å². The number of hydrogen-bond acceptors (Lipinski definition) is 0. The molecule has 72 valence electrons. The van der Waals surface area contributed by atoms with Crippen LogP contribution < -0.4 is 4.40 Å². The molecule has 1 rings (SSSR count). The SMILES string of the molecule is CCC[CH2][Ge]([Cl])([Cl])[c]1ccccc1. The van der Waals surface area contributed by atoms with Crippen LogP contribution in [0.4, 0.5) is 0 Å². The third kappa shape index (κ3) is 3.53. The Morgan fingerprint density at radius 1 is 1.15 bits per heavy atom. The molecule has 0 radical (unpaired) electrons. The van der Waals surface area contributed by atoms with Crippen molar-refractivity contribution in [3.8, 4) is 0 Å². The molecule has 0 fully saturated rings. The second-order valence-corrected chi connectivity index (χ2v) is 16.1. The maximum absolute atomic E-state index is 6.39. The summed E-state index contributed by atoms with van der Waals surface area (Å²) in [6.07, 6.45) is 2.31. The molecule has 0 amide bonds. The van der Waals surface area contributed by atoms with Gasteiger partial charge in [-0.25, -0.2) is 0 Å². The van der Waals surface area contributed by atoms with E-state index in [1.54, 1.807) is 0 Å². The summed E-state index contributed by atoms with van der Waals surface area (Å²) >= 11 is -2.66. The molecule has 0 aliphatic carbocycles. The van der Waals surface area contributed by atoms with Crippen LogP contribution in [0.5, 0.6) is 0 Å². The van der Waals surface area contributed by atoms with Crippen LogP contribution in [-0.4, -0.2) is 11.4 Å². The van der Waals surface area contributed by atoms with Gasteiger partial charge in [0.05, 0.1) is 0 Å². The Morgan fingerprint density at radius 2 is 1.77 bits per heavy atom. The molecule has 0 unspecified atom stereocenters. The van der Waals surface area contributed by atoms with E-state index in [0.717, 1.165) is 11.7 Å². The maximum atomic E-state index is 6.39. The fraction of sp³-hybridized carbons (Fsp3) is 0.400. The van der Waals surface area contributed by atoms with Gasteiger partial charge >= 0.3 is 91.2 Å². The first kappa shape index (κ1) is 11.4. The summed E-state index contributed by atoms with van der Waals surface area (Å²) in [5, 5.41) is 1.00. The van der Waals surface area contributed by atoms with Gasteiger partial charge in [-0.05, 0) is 0 Å². The number of hydrogen-bond donors (Lipinski definition) is 0. The monoisotopic (exact) mass is 278 g/mol. The van der Waals surface area contributed by atoms with Crippen LogP contribution in [0.25, 0.3) is 0 Å². The van der Waals surface area contributed by atoms with Gasteiger partial charge in [-0.15, -0.1) is 0 Å². The molecule has 0 bridgehead atoms. The van der Waals surface area contributed by atoms with Crippen molar-refractivity contribution >= 4 is 35.8 Å². The van der Waals surface area contributed by atoms with E-state index in [-0.39, 0.29) is 0 Å². The standard InChI is InChI=1S/C10H14Cl2Ge/c1-2-3-9-13(11,12)10-7-5-4-6-8-10/h4-8H,2-3,9H2,1H3. The minimum absolute atomic E-state index is 1.00. The number of rotatable bonds is 4. The summed E-state index contributed by atoms with van der Waals surface area (Å²) in [7, 11) is 12.8. The molecular weight excluding hydrogens is 264 g/mol. The number of halogens is 2. The van der Waals surface area contributed by atoms with Crippen molar-refractivity contribution in [3.63, 3.8) is 0 Å². The van der Waals surface area contributed by atoms with Gasteiger partial charge in [-0.1, -0.05) is 0 Å².